The van der Waals surface area contributed by atoms with Crippen LogP contribution >= 0.6 is 18.1 Å². The van der Waals surface area contributed by atoms with Crippen LogP contribution in [0.2, 0.25) is 0 Å². The number of carbonyl (C=O) groups is 1. The van der Waals surface area contributed by atoms with Crippen molar-refractivity contribution in [3.8, 4) is 0 Å². The van der Waals surface area contributed by atoms with Gasteiger partial charge in [-0.05, 0) is 6.92 Å². The second-order valence-corrected chi connectivity index (χ2v) is 6.93. The van der Waals surface area contributed by atoms with Gasteiger partial charge in [-0.15, -0.1) is 0 Å². The van der Waals surface area contributed by atoms with Crippen LogP contribution in [0.3, 0.4) is 0 Å². The first kappa shape index (κ1) is 11.0. The first-order valence-electron chi connectivity index (χ1n) is 3.82. The summed E-state index contributed by atoms with van der Waals surface area (Å²) in [6, 6.07) is -0.596. The lowest BCUT2D eigenvalue weighted by atomic mass is 10.4. The van der Waals surface area contributed by atoms with Gasteiger partial charge in [0.15, 0.2) is 0 Å². The van der Waals surface area contributed by atoms with Gasteiger partial charge in [0, 0.05) is 5.75 Å². The number of carbonyl (C=O) groups excluding carboxylic acids is 1. The molecule has 1 rings (SSSR count). The van der Waals surface area contributed by atoms with Crippen molar-refractivity contribution in [2.24, 2.45) is 0 Å². The Labute approximate surface area is 80.8 Å². The molecule has 0 radical (unpaired) electrons. The Morgan fingerprint density at radius 2 is 2.46 bits per heavy atom. The zero-order valence-corrected chi connectivity index (χ0v) is 9.19. The summed E-state index contributed by atoms with van der Waals surface area (Å²) in [5.74, 6) is 0.254. The van der Waals surface area contributed by atoms with Crippen LogP contribution in [0, 0.1) is 0 Å². The molecule has 1 fully saturated rings. The van der Waals surface area contributed by atoms with Gasteiger partial charge in [-0.1, -0.05) is 11.4 Å². The van der Waals surface area contributed by atoms with E-state index >= 15 is 0 Å². The number of esters is 1. The maximum Gasteiger partial charge on any atom is 0.327 e. The number of hydrogen-bond donors (Lipinski definition) is 1. The van der Waals surface area contributed by atoms with E-state index in [0.717, 1.165) is 0 Å². The van der Waals surface area contributed by atoms with E-state index in [1.165, 1.54) is 18.5 Å². The van der Waals surface area contributed by atoms with Gasteiger partial charge in [0.1, 0.15) is 6.04 Å². The SMILES string of the molecule is COC(=O)[C@H](C)NP1(=O)OCCS1. The molecule has 2 atom stereocenters. The van der Waals surface area contributed by atoms with Crippen LogP contribution in [0.5, 0.6) is 0 Å². The van der Waals surface area contributed by atoms with Gasteiger partial charge in [0.25, 0.3) is 0 Å². The summed E-state index contributed by atoms with van der Waals surface area (Å²) in [7, 11) is 1.29. The molecular formula is C6H12NO4PS. The Morgan fingerprint density at radius 3 is 2.92 bits per heavy atom. The predicted molar refractivity (Wildman–Crippen MR) is 50.6 cm³/mol. The standard InChI is InChI=1S/C6H12NO4PS/c1-5(6(8)10-2)7-12(9)11-3-4-13-12/h5H,3-4H2,1-2H3,(H,7,9)/t5-,12?/m0/s1. The van der Waals surface area contributed by atoms with E-state index in [2.05, 4.69) is 9.82 Å². The molecule has 1 saturated heterocycles. The molecule has 0 saturated carbocycles. The third kappa shape index (κ3) is 2.98. The normalized spacial score (nSPS) is 30.0. The number of hydrogen-bond acceptors (Lipinski definition) is 5. The topological polar surface area (TPSA) is 64.6 Å². The van der Waals surface area contributed by atoms with Gasteiger partial charge in [0.05, 0.1) is 13.7 Å². The quantitative estimate of drug-likeness (QED) is 0.571. The molecule has 1 aliphatic rings. The van der Waals surface area contributed by atoms with Crippen molar-refractivity contribution in [2.75, 3.05) is 19.5 Å². The fraction of sp³-hybridized carbons (Fsp3) is 0.833. The van der Waals surface area contributed by atoms with Crippen LogP contribution in [0.4, 0.5) is 0 Å². The monoisotopic (exact) mass is 225 g/mol. The molecule has 0 spiro atoms. The van der Waals surface area contributed by atoms with Gasteiger partial charge in [-0.3, -0.25) is 9.36 Å². The molecule has 0 bridgehead atoms. The van der Waals surface area contributed by atoms with Crippen LogP contribution in [0.1, 0.15) is 6.92 Å². The molecule has 0 aromatic heterocycles. The molecule has 5 nitrogen and oxygen atoms in total. The van der Waals surface area contributed by atoms with Gasteiger partial charge in [-0.25, -0.2) is 5.09 Å². The highest BCUT2D eigenvalue weighted by Crippen LogP contribution is 2.60. The van der Waals surface area contributed by atoms with Gasteiger partial charge < -0.3 is 9.26 Å². The van der Waals surface area contributed by atoms with E-state index in [9.17, 15) is 9.36 Å². The fourth-order valence-corrected chi connectivity index (χ4v) is 4.64. The lowest BCUT2D eigenvalue weighted by Gasteiger charge is -2.15. The summed E-state index contributed by atoms with van der Waals surface area (Å²) in [5.41, 5.74) is 0. The molecule has 76 valence electrons. The van der Waals surface area contributed by atoms with Crippen molar-refractivity contribution in [3.05, 3.63) is 0 Å². The third-order valence-corrected chi connectivity index (χ3v) is 5.63. The molecule has 1 aliphatic heterocycles. The van der Waals surface area contributed by atoms with Crippen molar-refractivity contribution >= 4 is 24.1 Å². The number of rotatable bonds is 3. The summed E-state index contributed by atoms with van der Waals surface area (Å²) < 4.78 is 21.2. The smallest absolute Gasteiger partial charge is 0.327 e. The van der Waals surface area contributed by atoms with E-state index in [1.54, 1.807) is 6.92 Å². The Kier molecular flexibility index (Phi) is 3.79. The Hall–Kier alpha value is -0.0300. The highest BCUT2D eigenvalue weighted by molar-refractivity contribution is 8.56. The average molecular weight is 225 g/mol. The van der Waals surface area contributed by atoms with E-state index < -0.39 is 18.7 Å². The van der Waals surface area contributed by atoms with Crippen LogP contribution in [-0.2, 0) is 18.6 Å². The van der Waals surface area contributed by atoms with Crippen LogP contribution in [0.15, 0.2) is 0 Å². The average Bonchev–Trinajstić information content (AvgIpc) is 2.50. The highest BCUT2D eigenvalue weighted by atomic mass is 32.7. The van der Waals surface area contributed by atoms with Crippen molar-refractivity contribution in [1.29, 1.82) is 0 Å². The number of ether oxygens (including phenoxy) is 1. The fourth-order valence-electron chi connectivity index (χ4n) is 0.893. The first-order valence-corrected chi connectivity index (χ1v) is 7.04. The second kappa shape index (κ2) is 4.46. The summed E-state index contributed by atoms with van der Waals surface area (Å²) in [4.78, 5) is 11.0. The molecule has 0 amide bonds. The molecular weight excluding hydrogens is 213 g/mol. The maximum absolute atomic E-state index is 11.7. The molecule has 0 aromatic rings. The van der Waals surface area contributed by atoms with Crippen molar-refractivity contribution in [1.82, 2.24) is 5.09 Å². The molecule has 0 aromatic carbocycles. The van der Waals surface area contributed by atoms with Crippen molar-refractivity contribution in [2.45, 2.75) is 13.0 Å². The Bertz CT molecular complexity index is 237. The van der Waals surface area contributed by atoms with Crippen LogP contribution in [0.25, 0.3) is 0 Å². The van der Waals surface area contributed by atoms with Crippen LogP contribution in [-0.4, -0.2) is 31.5 Å². The Balaban J connectivity index is 2.47. The minimum absolute atomic E-state index is 0.439. The lowest BCUT2D eigenvalue weighted by Crippen LogP contribution is -2.31. The number of nitrogens with one attached hydrogen (secondary N) is 1. The minimum atomic E-state index is -2.83. The molecule has 7 heteroatoms. The number of methoxy groups -OCH3 is 1. The molecule has 1 unspecified atom stereocenters. The lowest BCUT2D eigenvalue weighted by molar-refractivity contribution is -0.142. The van der Waals surface area contributed by atoms with E-state index in [0.29, 0.717) is 12.4 Å². The zero-order chi connectivity index (χ0) is 9.90. The molecule has 0 aliphatic carbocycles. The summed E-state index contributed by atoms with van der Waals surface area (Å²) in [5, 5.41) is 2.63. The first-order chi connectivity index (χ1) is 6.07. The summed E-state index contributed by atoms with van der Waals surface area (Å²) >= 11 is 1.22. The molecule has 1 N–H and O–H groups in total. The van der Waals surface area contributed by atoms with E-state index in [4.69, 9.17) is 4.52 Å². The van der Waals surface area contributed by atoms with Crippen LogP contribution < -0.4 is 5.09 Å². The van der Waals surface area contributed by atoms with Gasteiger partial charge in [-0.2, -0.15) is 0 Å². The largest absolute Gasteiger partial charge is 0.468 e. The molecule has 1 heterocycles. The predicted octanol–water partition coefficient (Wildman–Crippen LogP) is 1.01. The minimum Gasteiger partial charge on any atom is -0.468 e. The Morgan fingerprint density at radius 1 is 1.77 bits per heavy atom. The third-order valence-electron chi connectivity index (χ3n) is 1.51. The second-order valence-electron chi connectivity index (χ2n) is 2.54. The van der Waals surface area contributed by atoms with E-state index in [-0.39, 0.29) is 0 Å². The molecule has 13 heavy (non-hydrogen) atoms. The zero-order valence-electron chi connectivity index (χ0n) is 7.48. The van der Waals surface area contributed by atoms with Gasteiger partial charge >= 0.3 is 12.7 Å². The van der Waals surface area contributed by atoms with Crippen molar-refractivity contribution < 1.29 is 18.6 Å². The summed E-state index contributed by atoms with van der Waals surface area (Å²) in [6.45, 7) is -0.775. The highest BCUT2D eigenvalue weighted by Gasteiger charge is 2.33. The van der Waals surface area contributed by atoms with Crippen molar-refractivity contribution in [3.63, 3.8) is 0 Å². The summed E-state index contributed by atoms with van der Waals surface area (Å²) in [6.07, 6.45) is 0. The maximum atomic E-state index is 11.7. The van der Waals surface area contributed by atoms with E-state index in [1.807, 2.05) is 0 Å². The van der Waals surface area contributed by atoms with Gasteiger partial charge in [0.2, 0.25) is 0 Å².